The third-order valence-corrected chi connectivity index (χ3v) is 3.06. The van der Waals surface area contributed by atoms with Crippen molar-refractivity contribution in [2.24, 2.45) is 0 Å². The van der Waals surface area contributed by atoms with Gasteiger partial charge < -0.3 is 4.74 Å². The molecular weight excluding hydrogens is 202 g/mol. The first kappa shape index (κ1) is 10.9. The van der Waals surface area contributed by atoms with Gasteiger partial charge in [0.05, 0.1) is 17.5 Å². The van der Waals surface area contributed by atoms with Crippen molar-refractivity contribution in [2.75, 3.05) is 20.2 Å². The summed E-state index contributed by atoms with van der Waals surface area (Å²) in [5.41, 5.74) is 1.33. The van der Waals surface area contributed by atoms with Crippen LogP contribution in [0, 0.1) is 18.3 Å². The number of likely N-dealkylation sites (tertiary alicyclic amines) is 1. The fourth-order valence-corrected chi connectivity index (χ4v) is 1.68. The minimum absolute atomic E-state index is 0.506. The number of nitriles is 1. The van der Waals surface area contributed by atoms with E-state index in [1.165, 1.54) is 6.42 Å². The first-order valence-corrected chi connectivity index (χ1v) is 5.40. The number of hydrogen-bond acceptors (Lipinski definition) is 4. The maximum absolute atomic E-state index is 8.87. The molecule has 16 heavy (non-hydrogen) atoms. The van der Waals surface area contributed by atoms with E-state index in [1.54, 1.807) is 12.3 Å². The summed E-state index contributed by atoms with van der Waals surface area (Å²) in [7, 11) is 2.09. The van der Waals surface area contributed by atoms with Crippen LogP contribution in [0.4, 0.5) is 0 Å². The first-order valence-electron chi connectivity index (χ1n) is 5.40. The summed E-state index contributed by atoms with van der Waals surface area (Å²) in [5.74, 6) is 0.683. The van der Waals surface area contributed by atoms with Crippen molar-refractivity contribution >= 4 is 0 Å². The lowest BCUT2D eigenvalue weighted by molar-refractivity contribution is 0.0767. The molecule has 0 N–H and O–H groups in total. The van der Waals surface area contributed by atoms with Crippen LogP contribution in [0.1, 0.15) is 17.7 Å². The summed E-state index contributed by atoms with van der Waals surface area (Å²) < 4.78 is 5.62. The Morgan fingerprint density at radius 2 is 2.50 bits per heavy atom. The van der Waals surface area contributed by atoms with Gasteiger partial charge in [-0.3, -0.25) is 9.88 Å². The minimum Gasteiger partial charge on any atom is -0.490 e. The van der Waals surface area contributed by atoms with Gasteiger partial charge in [-0.1, -0.05) is 0 Å². The molecule has 1 saturated heterocycles. The van der Waals surface area contributed by atoms with E-state index in [0.717, 1.165) is 12.2 Å². The second kappa shape index (κ2) is 4.50. The van der Waals surface area contributed by atoms with Crippen LogP contribution in [-0.4, -0.2) is 36.1 Å². The highest BCUT2D eigenvalue weighted by atomic mass is 16.5. The van der Waals surface area contributed by atoms with Crippen LogP contribution in [0.5, 0.6) is 5.75 Å². The topological polar surface area (TPSA) is 49.1 Å². The van der Waals surface area contributed by atoms with E-state index in [1.807, 2.05) is 6.92 Å². The SMILES string of the molecule is Cc1ncc(OC[C@H]2CCN2C)cc1C#N. The molecular formula is C12H15N3O. The number of aromatic nitrogens is 1. The molecule has 2 rings (SSSR count). The van der Waals surface area contributed by atoms with E-state index in [4.69, 9.17) is 10.00 Å². The Labute approximate surface area is 95.5 Å². The highest BCUT2D eigenvalue weighted by Gasteiger charge is 2.24. The second-order valence-electron chi connectivity index (χ2n) is 4.15. The van der Waals surface area contributed by atoms with E-state index in [9.17, 15) is 0 Å². The Bertz CT molecular complexity index is 425. The Balaban J connectivity index is 1.97. The lowest BCUT2D eigenvalue weighted by Crippen LogP contribution is -2.48. The Hall–Kier alpha value is -1.60. The zero-order chi connectivity index (χ0) is 11.5. The quantitative estimate of drug-likeness (QED) is 0.766. The number of likely N-dealkylation sites (N-methyl/N-ethyl adjacent to an activating group) is 1. The molecule has 0 amide bonds. The number of hydrogen-bond donors (Lipinski definition) is 0. The lowest BCUT2D eigenvalue weighted by Gasteiger charge is -2.37. The standard InChI is InChI=1S/C12H15N3O/c1-9-10(6-13)5-12(7-14-9)16-8-11-3-4-15(11)2/h5,7,11H,3-4,8H2,1-2H3/t11-/m1/s1. The Kier molecular flexibility index (Phi) is 3.07. The first-order chi connectivity index (χ1) is 7.70. The third kappa shape index (κ3) is 2.15. The van der Waals surface area contributed by atoms with Gasteiger partial charge in [0.15, 0.2) is 0 Å². The largest absolute Gasteiger partial charge is 0.490 e. The summed E-state index contributed by atoms with van der Waals surface area (Å²) in [6, 6.07) is 4.36. The Morgan fingerprint density at radius 3 is 3.06 bits per heavy atom. The molecule has 84 valence electrons. The summed E-state index contributed by atoms with van der Waals surface area (Å²) in [6.45, 7) is 3.64. The normalized spacial score (nSPS) is 19.9. The lowest BCUT2D eigenvalue weighted by atomic mass is 10.1. The fourth-order valence-electron chi connectivity index (χ4n) is 1.68. The molecule has 1 aromatic heterocycles. The van der Waals surface area contributed by atoms with Crippen molar-refractivity contribution in [1.82, 2.24) is 9.88 Å². The number of nitrogens with zero attached hydrogens (tertiary/aromatic N) is 3. The zero-order valence-electron chi connectivity index (χ0n) is 9.60. The molecule has 0 radical (unpaired) electrons. The van der Waals surface area contributed by atoms with Gasteiger partial charge in [-0.15, -0.1) is 0 Å². The van der Waals surface area contributed by atoms with Gasteiger partial charge in [0, 0.05) is 12.1 Å². The average Bonchev–Trinajstić information content (AvgIpc) is 2.29. The van der Waals surface area contributed by atoms with Gasteiger partial charge in [-0.2, -0.15) is 5.26 Å². The molecule has 1 aliphatic rings. The van der Waals surface area contributed by atoms with Crippen LogP contribution < -0.4 is 4.74 Å². The monoisotopic (exact) mass is 217 g/mol. The van der Waals surface area contributed by atoms with Crippen LogP contribution in [0.3, 0.4) is 0 Å². The van der Waals surface area contributed by atoms with Crippen molar-refractivity contribution < 1.29 is 4.74 Å². The van der Waals surface area contributed by atoms with Crippen molar-refractivity contribution in [3.05, 3.63) is 23.5 Å². The van der Waals surface area contributed by atoms with Gasteiger partial charge in [0.1, 0.15) is 18.4 Å². The molecule has 0 unspecified atom stereocenters. The van der Waals surface area contributed by atoms with Crippen LogP contribution in [0.15, 0.2) is 12.3 Å². The van der Waals surface area contributed by atoms with Crippen molar-refractivity contribution in [1.29, 1.82) is 5.26 Å². The maximum atomic E-state index is 8.87. The summed E-state index contributed by atoms with van der Waals surface area (Å²) in [5, 5.41) is 8.87. The van der Waals surface area contributed by atoms with E-state index in [2.05, 4.69) is 23.0 Å². The molecule has 0 bridgehead atoms. The third-order valence-electron chi connectivity index (χ3n) is 3.06. The molecule has 0 aromatic carbocycles. The van der Waals surface area contributed by atoms with Gasteiger partial charge in [0.2, 0.25) is 0 Å². The maximum Gasteiger partial charge on any atom is 0.139 e. The van der Waals surface area contributed by atoms with Crippen LogP contribution in [-0.2, 0) is 0 Å². The highest BCUT2D eigenvalue weighted by Crippen LogP contribution is 2.18. The van der Waals surface area contributed by atoms with Gasteiger partial charge in [-0.05, 0) is 26.9 Å². The molecule has 4 nitrogen and oxygen atoms in total. The predicted molar refractivity (Wildman–Crippen MR) is 60.2 cm³/mol. The Morgan fingerprint density at radius 1 is 1.69 bits per heavy atom. The fraction of sp³-hybridized carbons (Fsp3) is 0.500. The summed E-state index contributed by atoms with van der Waals surface area (Å²) in [4.78, 5) is 6.39. The van der Waals surface area contributed by atoms with E-state index >= 15 is 0 Å². The number of pyridine rings is 1. The van der Waals surface area contributed by atoms with Crippen molar-refractivity contribution in [3.8, 4) is 11.8 Å². The zero-order valence-corrected chi connectivity index (χ0v) is 9.60. The van der Waals surface area contributed by atoms with Crippen molar-refractivity contribution in [2.45, 2.75) is 19.4 Å². The molecule has 0 saturated carbocycles. The van der Waals surface area contributed by atoms with Gasteiger partial charge in [-0.25, -0.2) is 0 Å². The molecule has 1 fully saturated rings. The van der Waals surface area contributed by atoms with E-state index in [-0.39, 0.29) is 0 Å². The molecule has 0 spiro atoms. The van der Waals surface area contributed by atoms with Crippen LogP contribution in [0.25, 0.3) is 0 Å². The molecule has 1 aliphatic heterocycles. The molecule has 1 aromatic rings. The van der Waals surface area contributed by atoms with Crippen LogP contribution in [0.2, 0.25) is 0 Å². The predicted octanol–water partition coefficient (Wildman–Crippen LogP) is 1.34. The van der Waals surface area contributed by atoms with Crippen molar-refractivity contribution in [3.63, 3.8) is 0 Å². The average molecular weight is 217 g/mol. The van der Waals surface area contributed by atoms with Gasteiger partial charge >= 0.3 is 0 Å². The number of ether oxygens (including phenoxy) is 1. The second-order valence-corrected chi connectivity index (χ2v) is 4.15. The number of aryl methyl sites for hydroxylation is 1. The highest BCUT2D eigenvalue weighted by molar-refractivity contribution is 5.37. The van der Waals surface area contributed by atoms with Crippen LogP contribution >= 0.6 is 0 Å². The van der Waals surface area contributed by atoms with Gasteiger partial charge in [0.25, 0.3) is 0 Å². The molecule has 1 atom stereocenters. The summed E-state index contributed by atoms with van der Waals surface area (Å²) in [6.07, 6.45) is 2.86. The summed E-state index contributed by atoms with van der Waals surface area (Å²) >= 11 is 0. The molecule has 2 heterocycles. The number of rotatable bonds is 3. The van der Waals surface area contributed by atoms with E-state index in [0.29, 0.717) is 24.0 Å². The molecule has 0 aliphatic carbocycles. The minimum atomic E-state index is 0.506. The smallest absolute Gasteiger partial charge is 0.139 e. The van der Waals surface area contributed by atoms with E-state index < -0.39 is 0 Å². The molecule has 4 heteroatoms.